The number of carbonyl (C=O) groups is 1. The molecule has 0 unspecified atom stereocenters. The summed E-state index contributed by atoms with van der Waals surface area (Å²) in [6.07, 6.45) is 0. The molecule has 2 aromatic rings. The number of hydrogen-bond acceptors (Lipinski definition) is 3. The summed E-state index contributed by atoms with van der Waals surface area (Å²) in [6, 6.07) is 10.0. The molecule has 1 heterocycles. The van der Waals surface area contributed by atoms with Crippen LogP contribution in [0.2, 0.25) is 5.02 Å². The molecule has 106 valence electrons. The Hall–Kier alpha value is -1.32. The summed E-state index contributed by atoms with van der Waals surface area (Å²) in [5, 5.41) is 2.71. The van der Waals surface area contributed by atoms with E-state index in [1.165, 1.54) is 4.88 Å². The molecule has 0 saturated carbocycles. The van der Waals surface area contributed by atoms with E-state index < -0.39 is 0 Å². The Balaban J connectivity index is 2.32. The Kier molecular flexibility index (Phi) is 4.84. The van der Waals surface area contributed by atoms with Gasteiger partial charge in [0.1, 0.15) is 0 Å². The van der Waals surface area contributed by atoms with Gasteiger partial charge in [-0.15, -0.1) is 11.3 Å². The molecule has 0 atom stereocenters. The van der Waals surface area contributed by atoms with Crippen molar-refractivity contribution in [1.82, 2.24) is 0 Å². The Morgan fingerprint density at radius 2 is 2.10 bits per heavy atom. The number of hydrogen-bond donors (Lipinski definition) is 0. The maximum atomic E-state index is 11.4. The van der Waals surface area contributed by atoms with E-state index in [1.807, 2.05) is 12.1 Å². The molecule has 0 bridgehead atoms. The second kappa shape index (κ2) is 6.42. The largest absolute Gasteiger partial charge is 0.363 e. The molecule has 2 rings (SSSR count). The molecule has 20 heavy (non-hydrogen) atoms. The first kappa shape index (κ1) is 15.1. The minimum atomic E-state index is 0.0350. The molecule has 2 nitrogen and oxygen atoms in total. The van der Waals surface area contributed by atoms with Crippen LogP contribution in [0.25, 0.3) is 0 Å². The van der Waals surface area contributed by atoms with Gasteiger partial charge in [-0.1, -0.05) is 17.7 Å². The molecule has 0 radical (unpaired) electrons. The van der Waals surface area contributed by atoms with Gasteiger partial charge >= 0.3 is 0 Å². The summed E-state index contributed by atoms with van der Waals surface area (Å²) in [4.78, 5) is 14.9. The molecule has 0 fully saturated rings. The van der Waals surface area contributed by atoms with Crippen molar-refractivity contribution in [2.24, 2.45) is 0 Å². The topological polar surface area (TPSA) is 20.3 Å². The zero-order valence-corrected chi connectivity index (χ0v) is 13.5. The maximum absolute atomic E-state index is 11.4. The Morgan fingerprint density at radius 3 is 2.60 bits per heavy atom. The molecule has 0 N–H and O–H groups in total. The van der Waals surface area contributed by atoms with Crippen LogP contribution in [0, 0.1) is 0 Å². The van der Waals surface area contributed by atoms with Crippen LogP contribution >= 0.6 is 22.9 Å². The fraction of sp³-hybridized carbons (Fsp3) is 0.312. The van der Waals surface area contributed by atoms with Gasteiger partial charge in [-0.2, -0.15) is 0 Å². The highest BCUT2D eigenvalue weighted by atomic mass is 35.5. The van der Waals surface area contributed by atoms with Crippen LogP contribution in [0.5, 0.6) is 0 Å². The fourth-order valence-corrected chi connectivity index (χ4v) is 3.07. The molecular formula is C16H18ClNOS. The van der Waals surface area contributed by atoms with Crippen molar-refractivity contribution in [1.29, 1.82) is 0 Å². The van der Waals surface area contributed by atoms with Gasteiger partial charge in [0.25, 0.3) is 0 Å². The highest BCUT2D eigenvalue weighted by molar-refractivity contribution is 7.09. The Bertz CT molecular complexity index is 593. The third kappa shape index (κ3) is 3.41. The van der Waals surface area contributed by atoms with E-state index in [0.29, 0.717) is 16.6 Å². The molecule has 0 aliphatic rings. The van der Waals surface area contributed by atoms with Crippen LogP contribution in [0.3, 0.4) is 0 Å². The third-order valence-corrected chi connectivity index (χ3v) is 4.36. The average molecular weight is 308 g/mol. The summed E-state index contributed by atoms with van der Waals surface area (Å²) in [6.45, 7) is 6.66. The van der Waals surface area contributed by atoms with Crippen molar-refractivity contribution < 1.29 is 4.79 Å². The molecule has 0 aliphatic heterocycles. The third-order valence-electron chi connectivity index (χ3n) is 3.19. The number of nitrogens with zero attached hydrogens (tertiary/aromatic N) is 1. The molecule has 1 aromatic carbocycles. The number of Topliss-reactive ketones (excluding diaryl/α,β-unsaturated/α-hetero) is 1. The summed E-state index contributed by atoms with van der Waals surface area (Å²) in [5.74, 6) is 0.0350. The van der Waals surface area contributed by atoms with Gasteiger partial charge in [0.15, 0.2) is 5.78 Å². The highest BCUT2D eigenvalue weighted by Gasteiger charge is 2.16. The van der Waals surface area contributed by atoms with Crippen molar-refractivity contribution in [3.8, 4) is 0 Å². The maximum Gasteiger partial charge on any atom is 0.159 e. The lowest BCUT2D eigenvalue weighted by Gasteiger charge is -2.29. The first-order valence-corrected chi connectivity index (χ1v) is 7.84. The lowest BCUT2D eigenvalue weighted by Crippen LogP contribution is -2.30. The minimum Gasteiger partial charge on any atom is -0.363 e. The summed E-state index contributed by atoms with van der Waals surface area (Å²) in [5.41, 5.74) is 1.62. The number of anilines is 1. The second-order valence-corrected chi connectivity index (χ2v) is 6.46. The zero-order valence-electron chi connectivity index (χ0n) is 11.9. The van der Waals surface area contributed by atoms with Gasteiger partial charge in [0.2, 0.25) is 0 Å². The van der Waals surface area contributed by atoms with E-state index in [9.17, 15) is 4.79 Å². The van der Waals surface area contributed by atoms with Crippen molar-refractivity contribution in [2.45, 2.75) is 33.4 Å². The SMILES string of the molecule is CC(=O)c1ccc(N(Cc2cccs2)C(C)C)c(Cl)c1. The second-order valence-electron chi connectivity index (χ2n) is 5.02. The van der Waals surface area contributed by atoms with E-state index in [0.717, 1.165) is 12.2 Å². The normalized spacial score (nSPS) is 10.8. The van der Waals surface area contributed by atoms with Gasteiger partial charge < -0.3 is 4.90 Å². The summed E-state index contributed by atoms with van der Waals surface area (Å²) < 4.78 is 0. The van der Waals surface area contributed by atoms with Gasteiger partial charge in [0.05, 0.1) is 17.3 Å². The van der Waals surface area contributed by atoms with Crippen LogP contribution in [0.1, 0.15) is 36.0 Å². The number of halogens is 1. The van der Waals surface area contributed by atoms with Gasteiger partial charge in [-0.3, -0.25) is 4.79 Å². The van der Waals surface area contributed by atoms with Crippen molar-refractivity contribution in [3.63, 3.8) is 0 Å². The van der Waals surface area contributed by atoms with E-state index in [4.69, 9.17) is 11.6 Å². The van der Waals surface area contributed by atoms with Gasteiger partial charge in [-0.05, 0) is 50.4 Å². The van der Waals surface area contributed by atoms with E-state index in [-0.39, 0.29) is 5.78 Å². The van der Waals surface area contributed by atoms with Crippen LogP contribution in [-0.2, 0) is 6.54 Å². The Morgan fingerprint density at radius 1 is 1.35 bits per heavy atom. The fourth-order valence-electron chi connectivity index (χ4n) is 2.08. The summed E-state index contributed by atoms with van der Waals surface area (Å²) in [7, 11) is 0. The quantitative estimate of drug-likeness (QED) is 0.723. The lowest BCUT2D eigenvalue weighted by atomic mass is 10.1. The number of carbonyl (C=O) groups excluding carboxylic acids is 1. The van der Waals surface area contributed by atoms with Crippen LogP contribution in [0.15, 0.2) is 35.7 Å². The van der Waals surface area contributed by atoms with E-state index in [1.54, 1.807) is 24.3 Å². The van der Waals surface area contributed by atoms with E-state index >= 15 is 0 Å². The van der Waals surface area contributed by atoms with Crippen LogP contribution in [0.4, 0.5) is 5.69 Å². The van der Waals surface area contributed by atoms with Gasteiger partial charge in [0, 0.05) is 16.5 Å². The molecule has 0 amide bonds. The van der Waals surface area contributed by atoms with E-state index in [2.05, 4.69) is 36.3 Å². The first-order valence-electron chi connectivity index (χ1n) is 6.58. The zero-order chi connectivity index (χ0) is 14.7. The van der Waals surface area contributed by atoms with Crippen molar-refractivity contribution >= 4 is 34.4 Å². The smallest absolute Gasteiger partial charge is 0.159 e. The number of benzene rings is 1. The Labute approximate surface area is 129 Å². The highest BCUT2D eigenvalue weighted by Crippen LogP contribution is 2.30. The molecule has 1 aromatic heterocycles. The molecule has 0 aliphatic carbocycles. The number of ketones is 1. The summed E-state index contributed by atoms with van der Waals surface area (Å²) >= 11 is 8.10. The van der Waals surface area contributed by atoms with Crippen molar-refractivity contribution in [3.05, 3.63) is 51.2 Å². The van der Waals surface area contributed by atoms with Crippen LogP contribution in [-0.4, -0.2) is 11.8 Å². The number of rotatable bonds is 5. The van der Waals surface area contributed by atoms with Crippen LogP contribution < -0.4 is 4.90 Å². The predicted octanol–water partition coefficient (Wildman–Crippen LogP) is 5.02. The minimum absolute atomic E-state index is 0.0350. The lowest BCUT2D eigenvalue weighted by molar-refractivity contribution is 0.101. The van der Waals surface area contributed by atoms with Gasteiger partial charge in [-0.25, -0.2) is 0 Å². The predicted molar refractivity (Wildman–Crippen MR) is 87.1 cm³/mol. The molecule has 0 saturated heterocycles. The molecular weight excluding hydrogens is 290 g/mol. The first-order chi connectivity index (χ1) is 9.49. The molecule has 0 spiro atoms. The average Bonchev–Trinajstić information content (AvgIpc) is 2.89. The monoisotopic (exact) mass is 307 g/mol. The molecule has 4 heteroatoms. The van der Waals surface area contributed by atoms with Crippen molar-refractivity contribution in [2.75, 3.05) is 4.90 Å². The number of thiophene rings is 1. The standard InChI is InChI=1S/C16H18ClNOS/c1-11(2)18(10-14-5-4-8-20-14)16-7-6-13(12(3)19)9-15(16)17/h4-9,11H,10H2,1-3H3.